The van der Waals surface area contributed by atoms with Crippen LogP contribution in [0, 0.1) is 0 Å². The molecule has 0 unspecified atom stereocenters. The standard InChI is InChI=1S/C23H29N3O2/c1-17(2)18-5-7-19(8-6-18)22(27)25-13-15-26(16-14-25)23(28)20-9-11-21(12-10-20)24(3)4/h5-12,17H,13-16H2,1-4H3. The molecule has 1 aliphatic heterocycles. The van der Waals surface area contributed by atoms with E-state index in [0.717, 1.165) is 5.69 Å². The van der Waals surface area contributed by atoms with Crippen molar-refractivity contribution in [3.05, 3.63) is 65.2 Å². The summed E-state index contributed by atoms with van der Waals surface area (Å²) in [5, 5.41) is 0. The second-order valence-electron chi connectivity index (χ2n) is 7.80. The van der Waals surface area contributed by atoms with Crippen molar-refractivity contribution >= 4 is 17.5 Å². The molecular weight excluding hydrogens is 350 g/mol. The van der Waals surface area contributed by atoms with Crippen LogP contribution in [0.4, 0.5) is 5.69 Å². The number of rotatable bonds is 4. The van der Waals surface area contributed by atoms with Gasteiger partial charge >= 0.3 is 0 Å². The molecule has 28 heavy (non-hydrogen) atoms. The van der Waals surface area contributed by atoms with Gasteiger partial charge in [-0.2, -0.15) is 0 Å². The van der Waals surface area contributed by atoms with Crippen molar-refractivity contribution in [2.24, 2.45) is 0 Å². The number of anilines is 1. The van der Waals surface area contributed by atoms with E-state index < -0.39 is 0 Å². The lowest BCUT2D eigenvalue weighted by Crippen LogP contribution is -2.50. The number of benzene rings is 2. The van der Waals surface area contributed by atoms with Gasteiger partial charge in [-0.3, -0.25) is 9.59 Å². The van der Waals surface area contributed by atoms with Crippen molar-refractivity contribution in [1.82, 2.24) is 9.80 Å². The van der Waals surface area contributed by atoms with Gasteiger partial charge in [0.05, 0.1) is 0 Å². The lowest BCUT2D eigenvalue weighted by molar-refractivity contribution is 0.0535. The molecule has 0 bridgehead atoms. The summed E-state index contributed by atoms with van der Waals surface area (Å²) < 4.78 is 0. The molecule has 0 atom stereocenters. The van der Waals surface area contributed by atoms with E-state index in [0.29, 0.717) is 43.2 Å². The highest BCUT2D eigenvalue weighted by molar-refractivity contribution is 5.96. The molecule has 2 aromatic rings. The Labute approximate surface area is 167 Å². The Hall–Kier alpha value is -2.82. The molecule has 0 radical (unpaired) electrons. The smallest absolute Gasteiger partial charge is 0.253 e. The molecule has 0 saturated carbocycles. The highest BCUT2D eigenvalue weighted by Crippen LogP contribution is 2.18. The third kappa shape index (κ3) is 4.35. The normalized spacial score (nSPS) is 14.3. The average molecular weight is 380 g/mol. The first kappa shape index (κ1) is 19.9. The van der Waals surface area contributed by atoms with Gasteiger partial charge in [0, 0.05) is 57.1 Å². The molecular formula is C23H29N3O2. The predicted octanol–water partition coefficient (Wildman–Crippen LogP) is 3.47. The molecule has 2 amide bonds. The minimum absolute atomic E-state index is 0.0266. The molecule has 0 N–H and O–H groups in total. The van der Waals surface area contributed by atoms with Gasteiger partial charge in [-0.1, -0.05) is 26.0 Å². The summed E-state index contributed by atoms with van der Waals surface area (Å²) in [5.74, 6) is 0.516. The Kier molecular flexibility index (Phi) is 6.02. The number of hydrogen-bond acceptors (Lipinski definition) is 3. The van der Waals surface area contributed by atoms with Crippen molar-refractivity contribution in [2.45, 2.75) is 19.8 Å². The number of amides is 2. The minimum atomic E-state index is 0.0266. The van der Waals surface area contributed by atoms with Gasteiger partial charge in [0.1, 0.15) is 0 Å². The van der Waals surface area contributed by atoms with Crippen LogP contribution >= 0.6 is 0 Å². The maximum atomic E-state index is 12.7. The third-order valence-electron chi connectivity index (χ3n) is 5.31. The number of hydrogen-bond donors (Lipinski definition) is 0. The number of carbonyl (C=O) groups is 2. The molecule has 1 fully saturated rings. The number of nitrogens with zero attached hydrogens (tertiary/aromatic N) is 3. The monoisotopic (exact) mass is 379 g/mol. The molecule has 1 aliphatic rings. The van der Waals surface area contributed by atoms with Crippen LogP contribution in [0.15, 0.2) is 48.5 Å². The topological polar surface area (TPSA) is 43.9 Å². The molecule has 148 valence electrons. The second kappa shape index (κ2) is 8.46. The summed E-state index contributed by atoms with van der Waals surface area (Å²) in [6.07, 6.45) is 0. The van der Waals surface area contributed by atoms with Crippen molar-refractivity contribution in [3.8, 4) is 0 Å². The van der Waals surface area contributed by atoms with Gasteiger partial charge in [0.25, 0.3) is 11.8 Å². The molecule has 3 rings (SSSR count). The summed E-state index contributed by atoms with van der Waals surface area (Å²) in [7, 11) is 3.95. The highest BCUT2D eigenvalue weighted by Gasteiger charge is 2.25. The Morgan fingerprint density at radius 2 is 1.14 bits per heavy atom. The van der Waals surface area contributed by atoms with Crippen LogP contribution < -0.4 is 4.90 Å². The Balaban J connectivity index is 1.59. The fourth-order valence-corrected chi connectivity index (χ4v) is 3.39. The Morgan fingerprint density at radius 3 is 1.50 bits per heavy atom. The lowest BCUT2D eigenvalue weighted by atomic mass is 10.0. The van der Waals surface area contributed by atoms with E-state index in [4.69, 9.17) is 0 Å². The SMILES string of the molecule is CC(C)c1ccc(C(=O)N2CCN(C(=O)c3ccc(N(C)C)cc3)CC2)cc1. The zero-order valence-electron chi connectivity index (χ0n) is 17.2. The summed E-state index contributed by atoms with van der Waals surface area (Å²) in [5.41, 5.74) is 3.70. The van der Waals surface area contributed by atoms with Crippen LogP contribution in [0.5, 0.6) is 0 Å². The van der Waals surface area contributed by atoms with Crippen LogP contribution in [-0.2, 0) is 0 Å². The molecule has 1 saturated heterocycles. The van der Waals surface area contributed by atoms with Gasteiger partial charge in [0.15, 0.2) is 0 Å². The Morgan fingerprint density at radius 1 is 0.750 bits per heavy atom. The van der Waals surface area contributed by atoms with Gasteiger partial charge in [-0.05, 0) is 47.9 Å². The highest BCUT2D eigenvalue weighted by atomic mass is 16.2. The van der Waals surface area contributed by atoms with E-state index in [1.807, 2.05) is 77.3 Å². The van der Waals surface area contributed by atoms with Crippen molar-refractivity contribution in [2.75, 3.05) is 45.2 Å². The summed E-state index contributed by atoms with van der Waals surface area (Å²) >= 11 is 0. The summed E-state index contributed by atoms with van der Waals surface area (Å²) in [4.78, 5) is 31.2. The fourth-order valence-electron chi connectivity index (χ4n) is 3.39. The minimum Gasteiger partial charge on any atom is -0.378 e. The Bertz CT molecular complexity index is 746. The fraction of sp³-hybridized carbons (Fsp3) is 0.391. The van der Waals surface area contributed by atoms with Crippen molar-refractivity contribution in [3.63, 3.8) is 0 Å². The zero-order valence-corrected chi connectivity index (χ0v) is 17.2. The molecule has 0 aliphatic carbocycles. The van der Waals surface area contributed by atoms with Crippen LogP contribution in [0.1, 0.15) is 46.0 Å². The van der Waals surface area contributed by atoms with E-state index in [-0.39, 0.29) is 11.8 Å². The molecule has 0 aromatic heterocycles. The zero-order chi connectivity index (χ0) is 20.3. The molecule has 5 heteroatoms. The largest absolute Gasteiger partial charge is 0.378 e. The second-order valence-corrected chi connectivity index (χ2v) is 7.80. The van der Waals surface area contributed by atoms with Crippen LogP contribution in [0.3, 0.4) is 0 Å². The van der Waals surface area contributed by atoms with E-state index in [1.165, 1.54) is 5.56 Å². The summed E-state index contributed by atoms with van der Waals surface area (Å²) in [6, 6.07) is 15.5. The van der Waals surface area contributed by atoms with Crippen LogP contribution in [-0.4, -0.2) is 61.9 Å². The quantitative estimate of drug-likeness (QED) is 0.817. The van der Waals surface area contributed by atoms with Crippen molar-refractivity contribution in [1.29, 1.82) is 0 Å². The van der Waals surface area contributed by atoms with E-state index in [2.05, 4.69) is 13.8 Å². The number of carbonyl (C=O) groups excluding carboxylic acids is 2. The molecule has 0 spiro atoms. The average Bonchev–Trinajstić information content (AvgIpc) is 2.73. The van der Waals surface area contributed by atoms with Gasteiger partial charge in [-0.25, -0.2) is 0 Å². The number of piperazine rings is 1. The van der Waals surface area contributed by atoms with E-state index >= 15 is 0 Å². The summed E-state index contributed by atoms with van der Waals surface area (Å²) in [6.45, 7) is 6.52. The maximum Gasteiger partial charge on any atom is 0.253 e. The molecule has 2 aromatic carbocycles. The third-order valence-corrected chi connectivity index (χ3v) is 5.31. The van der Waals surface area contributed by atoms with Gasteiger partial charge < -0.3 is 14.7 Å². The first-order chi connectivity index (χ1) is 13.4. The van der Waals surface area contributed by atoms with Gasteiger partial charge in [-0.15, -0.1) is 0 Å². The lowest BCUT2D eigenvalue weighted by Gasteiger charge is -2.35. The van der Waals surface area contributed by atoms with Crippen LogP contribution in [0.2, 0.25) is 0 Å². The van der Waals surface area contributed by atoms with E-state index in [1.54, 1.807) is 0 Å². The molecule has 5 nitrogen and oxygen atoms in total. The maximum absolute atomic E-state index is 12.7. The first-order valence-electron chi connectivity index (χ1n) is 9.82. The van der Waals surface area contributed by atoms with Gasteiger partial charge in [0.2, 0.25) is 0 Å². The predicted molar refractivity (Wildman–Crippen MR) is 113 cm³/mol. The van der Waals surface area contributed by atoms with Crippen LogP contribution in [0.25, 0.3) is 0 Å². The van der Waals surface area contributed by atoms with E-state index in [9.17, 15) is 9.59 Å². The molecule has 1 heterocycles. The van der Waals surface area contributed by atoms with Crippen molar-refractivity contribution < 1.29 is 9.59 Å². The first-order valence-corrected chi connectivity index (χ1v) is 9.82.